The first kappa shape index (κ1) is 14.7. The first-order valence-electron chi connectivity index (χ1n) is 5.52. The summed E-state index contributed by atoms with van der Waals surface area (Å²) in [6, 6.07) is 0. The molecule has 0 aromatic carbocycles. The van der Waals surface area contributed by atoms with Gasteiger partial charge in [-0.3, -0.25) is 4.79 Å². The van der Waals surface area contributed by atoms with Crippen molar-refractivity contribution in [1.82, 2.24) is 5.32 Å². The van der Waals surface area contributed by atoms with Gasteiger partial charge >= 0.3 is 12.1 Å². The Morgan fingerprint density at radius 1 is 1.19 bits per heavy atom. The van der Waals surface area contributed by atoms with Crippen LogP contribution in [0.3, 0.4) is 0 Å². The molecule has 0 saturated heterocycles. The second kappa shape index (κ2) is 7.09. The SMILES string of the molecule is CCOC(=O)NCCOC(=O)C(C)(C)CC. The van der Waals surface area contributed by atoms with Crippen LogP contribution in [0.2, 0.25) is 0 Å². The van der Waals surface area contributed by atoms with Crippen molar-refractivity contribution in [1.29, 1.82) is 0 Å². The van der Waals surface area contributed by atoms with Crippen molar-refractivity contribution in [3.63, 3.8) is 0 Å². The van der Waals surface area contributed by atoms with Gasteiger partial charge < -0.3 is 14.8 Å². The van der Waals surface area contributed by atoms with Crippen molar-refractivity contribution in [2.75, 3.05) is 19.8 Å². The fourth-order valence-corrected chi connectivity index (χ4v) is 0.819. The van der Waals surface area contributed by atoms with Crippen LogP contribution in [-0.4, -0.2) is 31.8 Å². The van der Waals surface area contributed by atoms with Crippen molar-refractivity contribution in [3.05, 3.63) is 0 Å². The highest BCUT2D eigenvalue weighted by molar-refractivity contribution is 5.75. The zero-order chi connectivity index (χ0) is 12.6. The zero-order valence-electron chi connectivity index (χ0n) is 10.5. The number of hydrogen-bond donors (Lipinski definition) is 1. The molecule has 0 unspecified atom stereocenters. The Balaban J connectivity index is 3.67. The number of hydrogen-bond acceptors (Lipinski definition) is 4. The lowest BCUT2D eigenvalue weighted by Crippen LogP contribution is -2.31. The zero-order valence-corrected chi connectivity index (χ0v) is 10.5. The Bertz CT molecular complexity index is 238. The molecule has 16 heavy (non-hydrogen) atoms. The molecule has 0 rings (SSSR count). The largest absolute Gasteiger partial charge is 0.463 e. The minimum atomic E-state index is -0.492. The van der Waals surface area contributed by atoms with Crippen LogP contribution >= 0.6 is 0 Å². The van der Waals surface area contributed by atoms with Gasteiger partial charge in [0.25, 0.3) is 0 Å². The van der Waals surface area contributed by atoms with Crippen LogP contribution in [0, 0.1) is 5.41 Å². The summed E-state index contributed by atoms with van der Waals surface area (Å²) in [4.78, 5) is 22.4. The Morgan fingerprint density at radius 2 is 1.81 bits per heavy atom. The number of ether oxygens (including phenoxy) is 2. The van der Waals surface area contributed by atoms with Crippen LogP contribution in [-0.2, 0) is 14.3 Å². The molecular formula is C11H21NO4. The molecule has 0 fully saturated rings. The smallest absolute Gasteiger partial charge is 0.407 e. The van der Waals surface area contributed by atoms with Crippen molar-refractivity contribution >= 4 is 12.1 Å². The van der Waals surface area contributed by atoms with Crippen molar-refractivity contribution in [3.8, 4) is 0 Å². The van der Waals surface area contributed by atoms with E-state index in [2.05, 4.69) is 10.1 Å². The summed E-state index contributed by atoms with van der Waals surface area (Å²) in [6.07, 6.45) is 0.227. The van der Waals surface area contributed by atoms with E-state index in [1.165, 1.54) is 0 Å². The fraction of sp³-hybridized carbons (Fsp3) is 0.818. The van der Waals surface area contributed by atoms with E-state index in [0.717, 1.165) is 6.42 Å². The van der Waals surface area contributed by atoms with Gasteiger partial charge in [0.05, 0.1) is 18.6 Å². The summed E-state index contributed by atoms with van der Waals surface area (Å²) in [7, 11) is 0. The van der Waals surface area contributed by atoms with Gasteiger partial charge in [0.15, 0.2) is 0 Å². The predicted molar refractivity (Wildman–Crippen MR) is 60.1 cm³/mol. The maximum absolute atomic E-state index is 11.5. The second-order valence-corrected chi connectivity index (χ2v) is 4.02. The van der Waals surface area contributed by atoms with E-state index in [-0.39, 0.29) is 19.1 Å². The molecule has 0 aliphatic heterocycles. The molecule has 0 radical (unpaired) electrons. The average Bonchev–Trinajstić information content (AvgIpc) is 2.24. The Morgan fingerprint density at radius 3 is 2.31 bits per heavy atom. The first-order valence-corrected chi connectivity index (χ1v) is 5.52. The summed E-state index contributed by atoms with van der Waals surface area (Å²) in [5.74, 6) is -0.249. The van der Waals surface area contributed by atoms with E-state index in [4.69, 9.17) is 4.74 Å². The minimum Gasteiger partial charge on any atom is -0.463 e. The van der Waals surface area contributed by atoms with E-state index in [0.29, 0.717) is 6.61 Å². The van der Waals surface area contributed by atoms with Gasteiger partial charge in [-0.25, -0.2) is 4.79 Å². The van der Waals surface area contributed by atoms with Crippen LogP contribution in [0.5, 0.6) is 0 Å². The van der Waals surface area contributed by atoms with Gasteiger partial charge in [0.1, 0.15) is 6.61 Å². The third-order valence-electron chi connectivity index (χ3n) is 2.32. The molecule has 0 heterocycles. The molecule has 0 aromatic rings. The van der Waals surface area contributed by atoms with E-state index >= 15 is 0 Å². The van der Waals surface area contributed by atoms with E-state index < -0.39 is 11.5 Å². The normalized spacial score (nSPS) is 10.8. The second-order valence-electron chi connectivity index (χ2n) is 4.02. The Kier molecular flexibility index (Phi) is 6.53. The number of carbonyl (C=O) groups excluding carboxylic acids is 2. The molecule has 0 aliphatic rings. The summed E-state index contributed by atoms with van der Waals surface area (Å²) in [5, 5.41) is 2.47. The third-order valence-corrected chi connectivity index (χ3v) is 2.32. The molecule has 0 saturated carbocycles. The van der Waals surface area contributed by atoms with E-state index in [1.807, 2.05) is 20.8 Å². The van der Waals surface area contributed by atoms with Crippen molar-refractivity contribution in [2.24, 2.45) is 5.41 Å². The van der Waals surface area contributed by atoms with E-state index in [9.17, 15) is 9.59 Å². The molecule has 0 atom stereocenters. The monoisotopic (exact) mass is 231 g/mol. The quantitative estimate of drug-likeness (QED) is 0.558. The average molecular weight is 231 g/mol. The molecule has 5 nitrogen and oxygen atoms in total. The number of carbonyl (C=O) groups is 2. The van der Waals surface area contributed by atoms with Gasteiger partial charge in [-0.05, 0) is 27.2 Å². The predicted octanol–water partition coefficient (Wildman–Crippen LogP) is 1.71. The van der Waals surface area contributed by atoms with Crippen LogP contribution in [0.1, 0.15) is 34.1 Å². The summed E-state index contributed by atoms with van der Waals surface area (Å²) in [6.45, 7) is 8.07. The molecule has 0 aromatic heterocycles. The lowest BCUT2D eigenvalue weighted by atomic mass is 9.91. The topological polar surface area (TPSA) is 64.6 Å². The van der Waals surface area contributed by atoms with Crippen molar-refractivity contribution < 1.29 is 19.1 Å². The van der Waals surface area contributed by atoms with E-state index in [1.54, 1.807) is 6.92 Å². The van der Waals surface area contributed by atoms with Gasteiger partial charge in [0.2, 0.25) is 0 Å². The minimum absolute atomic E-state index is 0.168. The molecule has 1 N–H and O–H groups in total. The number of alkyl carbamates (subject to hydrolysis) is 1. The highest BCUT2D eigenvalue weighted by atomic mass is 16.6. The number of amides is 1. The van der Waals surface area contributed by atoms with Gasteiger partial charge in [-0.1, -0.05) is 6.92 Å². The molecule has 0 aliphatic carbocycles. The van der Waals surface area contributed by atoms with Gasteiger partial charge in [-0.2, -0.15) is 0 Å². The van der Waals surface area contributed by atoms with Crippen molar-refractivity contribution in [2.45, 2.75) is 34.1 Å². The molecule has 0 spiro atoms. The van der Waals surface area contributed by atoms with Gasteiger partial charge in [-0.15, -0.1) is 0 Å². The van der Waals surface area contributed by atoms with Crippen LogP contribution < -0.4 is 5.32 Å². The number of nitrogens with one attached hydrogen (secondary N) is 1. The molecule has 94 valence electrons. The lowest BCUT2D eigenvalue weighted by molar-refractivity contribution is -0.153. The Labute approximate surface area is 96.5 Å². The molecule has 5 heteroatoms. The standard InChI is InChI=1S/C11H21NO4/c1-5-11(3,4)9(13)16-8-7-12-10(14)15-6-2/h5-8H2,1-4H3,(H,12,14). The number of esters is 1. The number of rotatable bonds is 6. The highest BCUT2D eigenvalue weighted by Gasteiger charge is 2.26. The van der Waals surface area contributed by atoms with Crippen LogP contribution in [0.25, 0.3) is 0 Å². The third kappa shape index (κ3) is 5.58. The molecule has 0 bridgehead atoms. The summed E-state index contributed by atoms with van der Waals surface area (Å²) >= 11 is 0. The van der Waals surface area contributed by atoms with Crippen LogP contribution in [0.15, 0.2) is 0 Å². The molecular weight excluding hydrogens is 210 g/mol. The van der Waals surface area contributed by atoms with Gasteiger partial charge in [0, 0.05) is 0 Å². The summed E-state index contributed by atoms with van der Waals surface area (Å²) < 4.78 is 9.66. The van der Waals surface area contributed by atoms with Crippen LogP contribution in [0.4, 0.5) is 4.79 Å². The Hall–Kier alpha value is -1.26. The molecule has 1 amide bonds. The highest BCUT2D eigenvalue weighted by Crippen LogP contribution is 2.21. The lowest BCUT2D eigenvalue weighted by Gasteiger charge is -2.20. The summed E-state index contributed by atoms with van der Waals surface area (Å²) in [5.41, 5.74) is -0.468. The fourth-order valence-electron chi connectivity index (χ4n) is 0.819. The maximum atomic E-state index is 11.5. The maximum Gasteiger partial charge on any atom is 0.407 e. The first-order chi connectivity index (χ1) is 7.44.